The molecule has 0 bridgehead atoms. The number of ether oxygens (including phenoxy) is 3. The van der Waals surface area contributed by atoms with Gasteiger partial charge in [0.1, 0.15) is 6.10 Å². The highest BCUT2D eigenvalue weighted by Gasteiger charge is 2.16. The minimum absolute atomic E-state index is 0.526. The van der Waals surface area contributed by atoms with E-state index < -0.39 is 12.4 Å². The van der Waals surface area contributed by atoms with Crippen LogP contribution in [-0.2, 0) is 14.2 Å². The van der Waals surface area contributed by atoms with Crippen LogP contribution in [0.5, 0.6) is 0 Å². The summed E-state index contributed by atoms with van der Waals surface area (Å²) in [5.41, 5.74) is 0. The van der Waals surface area contributed by atoms with Gasteiger partial charge in [0.2, 0.25) is 0 Å². The molecule has 0 fully saturated rings. The third-order valence-corrected chi connectivity index (χ3v) is 1.77. The van der Waals surface area contributed by atoms with Gasteiger partial charge in [0.25, 0.3) is 0 Å². The van der Waals surface area contributed by atoms with Crippen LogP contribution in [0.15, 0.2) is 0 Å². The molecule has 0 spiro atoms. The molecule has 0 aromatic rings. The van der Waals surface area contributed by atoms with E-state index in [1.54, 1.807) is 0 Å². The molecule has 0 rings (SSSR count). The van der Waals surface area contributed by atoms with Crippen LogP contribution in [0.3, 0.4) is 0 Å². The van der Waals surface area contributed by atoms with E-state index in [1.807, 2.05) is 6.92 Å². The third-order valence-electron chi connectivity index (χ3n) is 1.77. The van der Waals surface area contributed by atoms with Gasteiger partial charge in [0, 0.05) is 27.4 Å². The van der Waals surface area contributed by atoms with Crippen LogP contribution in [0.2, 0.25) is 0 Å². The van der Waals surface area contributed by atoms with Crippen molar-refractivity contribution in [2.75, 3.05) is 27.4 Å². The van der Waals surface area contributed by atoms with Gasteiger partial charge in [-0.1, -0.05) is 0 Å². The molecule has 1 N–H and O–H groups in total. The van der Waals surface area contributed by atoms with Crippen molar-refractivity contribution >= 4 is 0 Å². The molecule has 0 aliphatic heterocycles. The van der Waals surface area contributed by atoms with Gasteiger partial charge in [-0.15, -0.1) is 0 Å². The average molecular weight is 192 g/mol. The Morgan fingerprint density at radius 1 is 1.23 bits per heavy atom. The van der Waals surface area contributed by atoms with E-state index in [2.05, 4.69) is 0 Å². The Labute approximate surface area is 79.8 Å². The maximum absolute atomic E-state index is 9.50. The second-order valence-corrected chi connectivity index (χ2v) is 2.75. The van der Waals surface area contributed by atoms with Crippen LogP contribution in [0.4, 0.5) is 0 Å². The van der Waals surface area contributed by atoms with Gasteiger partial charge in [-0.3, -0.25) is 0 Å². The summed E-state index contributed by atoms with van der Waals surface area (Å²) in [7, 11) is 3.03. The van der Waals surface area contributed by atoms with Crippen molar-refractivity contribution < 1.29 is 19.3 Å². The Morgan fingerprint density at radius 3 is 2.31 bits per heavy atom. The monoisotopic (exact) mass is 192 g/mol. The van der Waals surface area contributed by atoms with Crippen LogP contribution < -0.4 is 0 Å². The SMILES string of the molecule is CCOCCC[C@@H](O)C(OC)OC. The van der Waals surface area contributed by atoms with Crippen molar-refractivity contribution in [2.45, 2.75) is 32.2 Å². The second-order valence-electron chi connectivity index (χ2n) is 2.75. The largest absolute Gasteiger partial charge is 0.388 e. The van der Waals surface area contributed by atoms with Crippen molar-refractivity contribution in [1.29, 1.82) is 0 Å². The second kappa shape index (κ2) is 8.44. The molecule has 0 radical (unpaired) electrons. The summed E-state index contributed by atoms with van der Waals surface area (Å²) in [6, 6.07) is 0. The fourth-order valence-electron chi connectivity index (χ4n) is 1.09. The molecule has 1 atom stereocenters. The lowest BCUT2D eigenvalue weighted by molar-refractivity contribution is -0.166. The summed E-state index contributed by atoms with van der Waals surface area (Å²) in [5, 5.41) is 9.50. The predicted octanol–water partition coefficient (Wildman–Crippen LogP) is 0.783. The number of rotatable bonds is 8. The first-order valence-corrected chi connectivity index (χ1v) is 4.57. The number of methoxy groups -OCH3 is 2. The van der Waals surface area contributed by atoms with Crippen molar-refractivity contribution in [3.05, 3.63) is 0 Å². The lowest BCUT2D eigenvalue weighted by Crippen LogP contribution is -2.29. The molecular weight excluding hydrogens is 172 g/mol. The normalized spacial score (nSPS) is 13.6. The lowest BCUT2D eigenvalue weighted by atomic mass is 10.2. The first-order valence-electron chi connectivity index (χ1n) is 4.57. The third kappa shape index (κ3) is 5.99. The minimum atomic E-state index is -0.574. The van der Waals surface area contributed by atoms with E-state index >= 15 is 0 Å². The van der Waals surface area contributed by atoms with Gasteiger partial charge in [-0.05, 0) is 19.8 Å². The predicted molar refractivity (Wildman–Crippen MR) is 49.5 cm³/mol. The smallest absolute Gasteiger partial charge is 0.182 e. The molecule has 0 aliphatic rings. The summed E-state index contributed by atoms with van der Waals surface area (Å²) in [4.78, 5) is 0. The van der Waals surface area contributed by atoms with Crippen LogP contribution >= 0.6 is 0 Å². The highest BCUT2D eigenvalue weighted by molar-refractivity contribution is 4.59. The standard InChI is InChI=1S/C9H20O4/c1-4-13-7-5-6-8(10)9(11-2)12-3/h8-10H,4-7H2,1-3H3/t8-/m1/s1. The summed E-state index contributed by atoms with van der Waals surface area (Å²) in [6.45, 7) is 3.34. The van der Waals surface area contributed by atoms with Gasteiger partial charge >= 0.3 is 0 Å². The molecule has 0 unspecified atom stereocenters. The van der Waals surface area contributed by atoms with E-state index in [9.17, 15) is 5.11 Å². The first-order chi connectivity index (χ1) is 6.26. The van der Waals surface area contributed by atoms with E-state index in [1.165, 1.54) is 14.2 Å². The van der Waals surface area contributed by atoms with Gasteiger partial charge < -0.3 is 19.3 Å². The summed E-state index contributed by atoms with van der Waals surface area (Å²) < 4.78 is 14.9. The molecule has 13 heavy (non-hydrogen) atoms. The van der Waals surface area contributed by atoms with Crippen molar-refractivity contribution in [1.82, 2.24) is 0 Å². The zero-order valence-corrected chi connectivity index (χ0v) is 8.66. The number of hydrogen-bond acceptors (Lipinski definition) is 4. The van der Waals surface area contributed by atoms with Crippen LogP contribution in [0, 0.1) is 0 Å². The number of aliphatic hydroxyl groups is 1. The quantitative estimate of drug-likeness (QED) is 0.456. The molecule has 80 valence electrons. The van der Waals surface area contributed by atoms with Crippen LogP contribution in [-0.4, -0.2) is 44.9 Å². The Bertz CT molecular complexity index is 104. The molecule has 0 saturated heterocycles. The maximum Gasteiger partial charge on any atom is 0.182 e. The van der Waals surface area contributed by atoms with Gasteiger partial charge in [0.05, 0.1) is 0 Å². The summed E-state index contributed by atoms with van der Waals surface area (Å²) >= 11 is 0. The van der Waals surface area contributed by atoms with Crippen molar-refractivity contribution in [3.8, 4) is 0 Å². The van der Waals surface area contributed by atoms with Crippen LogP contribution in [0.1, 0.15) is 19.8 Å². The Kier molecular flexibility index (Phi) is 8.33. The van der Waals surface area contributed by atoms with Gasteiger partial charge in [-0.25, -0.2) is 0 Å². The fourth-order valence-corrected chi connectivity index (χ4v) is 1.09. The van der Waals surface area contributed by atoms with Gasteiger partial charge in [0.15, 0.2) is 6.29 Å². The first kappa shape index (κ1) is 12.8. The Morgan fingerprint density at radius 2 is 1.85 bits per heavy atom. The summed E-state index contributed by atoms with van der Waals surface area (Å²) in [5.74, 6) is 0. The molecule has 4 heteroatoms. The summed E-state index contributed by atoms with van der Waals surface area (Å²) in [6.07, 6.45) is 0.349. The lowest BCUT2D eigenvalue weighted by Gasteiger charge is -2.19. The average Bonchev–Trinajstić information content (AvgIpc) is 2.14. The maximum atomic E-state index is 9.50. The molecular formula is C9H20O4. The molecule has 4 nitrogen and oxygen atoms in total. The van der Waals surface area contributed by atoms with Crippen molar-refractivity contribution in [3.63, 3.8) is 0 Å². The number of hydrogen-bond donors (Lipinski definition) is 1. The molecule has 0 saturated carbocycles. The zero-order valence-electron chi connectivity index (χ0n) is 8.66. The van der Waals surface area contributed by atoms with E-state index in [0.717, 1.165) is 6.42 Å². The zero-order chi connectivity index (χ0) is 10.1. The molecule has 0 amide bonds. The highest BCUT2D eigenvalue weighted by Crippen LogP contribution is 2.06. The molecule has 0 aromatic heterocycles. The molecule has 0 aliphatic carbocycles. The number of aliphatic hydroxyl groups excluding tert-OH is 1. The topological polar surface area (TPSA) is 47.9 Å². The fraction of sp³-hybridized carbons (Fsp3) is 1.00. The van der Waals surface area contributed by atoms with E-state index in [-0.39, 0.29) is 0 Å². The Hall–Kier alpha value is -0.160. The van der Waals surface area contributed by atoms with E-state index in [4.69, 9.17) is 14.2 Å². The molecule has 0 aromatic carbocycles. The minimum Gasteiger partial charge on any atom is -0.388 e. The van der Waals surface area contributed by atoms with E-state index in [0.29, 0.717) is 19.6 Å². The van der Waals surface area contributed by atoms with Crippen LogP contribution in [0.25, 0.3) is 0 Å². The van der Waals surface area contributed by atoms with Crippen molar-refractivity contribution in [2.24, 2.45) is 0 Å². The highest BCUT2D eigenvalue weighted by atomic mass is 16.7. The Balaban J connectivity index is 3.42. The van der Waals surface area contributed by atoms with Gasteiger partial charge in [-0.2, -0.15) is 0 Å². The molecule has 0 heterocycles.